The number of H-pyrrole nitrogens is 1. The molecule has 3 aliphatic heterocycles. The lowest BCUT2D eigenvalue weighted by atomic mass is 9.76. The molecule has 3 aliphatic rings. The van der Waals surface area contributed by atoms with Crippen molar-refractivity contribution in [2.75, 3.05) is 16.8 Å². The summed E-state index contributed by atoms with van der Waals surface area (Å²) >= 11 is 0. The van der Waals surface area contributed by atoms with Gasteiger partial charge in [0.15, 0.2) is 0 Å². The lowest BCUT2D eigenvalue weighted by molar-refractivity contribution is -0.130. The molecule has 2 fully saturated rings. The van der Waals surface area contributed by atoms with Crippen molar-refractivity contribution in [3.63, 3.8) is 0 Å². The zero-order valence-electron chi connectivity index (χ0n) is 22.6. The molecule has 3 amide bonds. The predicted octanol–water partition coefficient (Wildman–Crippen LogP) is 3.82. The van der Waals surface area contributed by atoms with E-state index in [1.54, 1.807) is 31.2 Å². The van der Waals surface area contributed by atoms with Crippen LogP contribution in [0.1, 0.15) is 34.0 Å². The number of anilines is 2. The molecule has 206 valence electrons. The number of nitrogens with zero attached hydrogens (tertiary/aromatic N) is 1. The summed E-state index contributed by atoms with van der Waals surface area (Å²) < 4.78 is 5.07. The van der Waals surface area contributed by atoms with Crippen molar-refractivity contribution in [2.24, 2.45) is 11.8 Å². The van der Waals surface area contributed by atoms with Crippen molar-refractivity contribution in [3.8, 4) is 0 Å². The van der Waals surface area contributed by atoms with Crippen LogP contribution in [0.2, 0.25) is 0 Å². The van der Waals surface area contributed by atoms with Gasteiger partial charge in [-0.3, -0.25) is 19.7 Å². The number of aromatic amines is 1. The van der Waals surface area contributed by atoms with E-state index >= 15 is 0 Å². The maximum absolute atomic E-state index is 14.3. The number of hydrogen-bond donors (Lipinski definition) is 3. The Labute approximate surface area is 235 Å². The first kappa shape index (κ1) is 25.2. The van der Waals surface area contributed by atoms with Gasteiger partial charge in [-0.15, -0.1) is 0 Å². The minimum atomic E-state index is -1.39. The topological polar surface area (TPSA) is 121 Å². The van der Waals surface area contributed by atoms with Gasteiger partial charge in [-0.2, -0.15) is 0 Å². The molecular weight excluding hydrogens is 520 g/mol. The summed E-state index contributed by atoms with van der Waals surface area (Å²) in [7, 11) is 0. The summed E-state index contributed by atoms with van der Waals surface area (Å²) in [5.74, 6) is -3.35. The normalized spacial score (nSPS) is 24.7. The quantitative estimate of drug-likeness (QED) is 0.258. The van der Waals surface area contributed by atoms with Crippen molar-refractivity contribution in [3.05, 3.63) is 95.2 Å². The van der Waals surface area contributed by atoms with Crippen LogP contribution in [-0.2, 0) is 31.1 Å². The van der Waals surface area contributed by atoms with Crippen LogP contribution >= 0.6 is 0 Å². The number of benzene rings is 3. The highest BCUT2D eigenvalue weighted by molar-refractivity contribution is 6.26. The number of rotatable bonds is 5. The van der Waals surface area contributed by atoms with E-state index in [2.05, 4.69) is 15.6 Å². The molecule has 0 unspecified atom stereocenters. The first-order chi connectivity index (χ1) is 19.8. The Bertz CT molecular complexity index is 1760. The molecule has 4 heterocycles. The van der Waals surface area contributed by atoms with Gasteiger partial charge in [0.25, 0.3) is 0 Å². The van der Waals surface area contributed by atoms with E-state index < -0.39 is 35.3 Å². The fraction of sp³-hybridized carbons (Fsp3) is 0.250. The summed E-state index contributed by atoms with van der Waals surface area (Å²) in [4.78, 5) is 58.9. The molecule has 0 saturated carbocycles. The first-order valence-electron chi connectivity index (χ1n) is 13.7. The Morgan fingerprint density at radius 2 is 1.78 bits per heavy atom. The number of carbonyl (C=O) groups excluding carboxylic acids is 4. The van der Waals surface area contributed by atoms with Crippen LogP contribution in [0, 0.1) is 18.8 Å². The highest BCUT2D eigenvalue weighted by atomic mass is 16.5. The van der Waals surface area contributed by atoms with E-state index in [4.69, 9.17) is 4.74 Å². The number of fused-ring (bicyclic) bond motifs is 5. The van der Waals surface area contributed by atoms with Crippen molar-refractivity contribution in [1.29, 1.82) is 0 Å². The van der Waals surface area contributed by atoms with Crippen molar-refractivity contribution in [2.45, 2.75) is 31.8 Å². The molecule has 9 nitrogen and oxygen atoms in total. The highest BCUT2D eigenvalue weighted by Gasteiger charge is 2.70. The van der Waals surface area contributed by atoms with Gasteiger partial charge >= 0.3 is 5.97 Å². The zero-order chi connectivity index (χ0) is 28.5. The monoisotopic (exact) mass is 548 g/mol. The summed E-state index contributed by atoms with van der Waals surface area (Å²) in [6.07, 6.45) is 2.36. The predicted molar refractivity (Wildman–Crippen MR) is 152 cm³/mol. The van der Waals surface area contributed by atoms with Gasteiger partial charge in [0.2, 0.25) is 17.7 Å². The summed E-state index contributed by atoms with van der Waals surface area (Å²) in [5, 5.41) is 7.51. The van der Waals surface area contributed by atoms with Gasteiger partial charge in [0.1, 0.15) is 5.54 Å². The van der Waals surface area contributed by atoms with E-state index in [1.807, 2.05) is 55.6 Å². The van der Waals surface area contributed by atoms with Gasteiger partial charge in [0.05, 0.1) is 29.7 Å². The second-order valence-corrected chi connectivity index (χ2v) is 10.9. The molecule has 3 aromatic carbocycles. The van der Waals surface area contributed by atoms with Crippen LogP contribution in [0.25, 0.3) is 10.9 Å². The Hall–Kier alpha value is -4.76. The van der Waals surface area contributed by atoms with Crippen molar-refractivity contribution < 1.29 is 23.9 Å². The number of para-hydroxylation sites is 1. The third kappa shape index (κ3) is 3.58. The molecule has 0 aliphatic carbocycles. The number of carbonyl (C=O) groups is 4. The van der Waals surface area contributed by atoms with Crippen LogP contribution in [0.15, 0.2) is 72.9 Å². The van der Waals surface area contributed by atoms with E-state index in [1.165, 1.54) is 4.90 Å². The van der Waals surface area contributed by atoms with E-state index in [0.717, 1.165) is 22.0 Å². The van der Waals surface area contributed by atoms with E-state index in [0.29, 0.717) is 28.9 Å². The van der Waals surface area contributed by atoms with E-state index in [-0.39, 0.29) is 18.4 Å². The minimum Gasteiger partial charge on any atom is -0.462 e. The molecule has 3 N–H and O–H groups in total. The average molecular weight is 549 g/mol. The summed E-state index contributed by atoms with van der Waals surface area (Å²) in [6, 6.07) is 19.3. The fourth-order valence-corrected chi connectivity index (χ4v) is 6.84. The number of ether oxygens (including phenoxy) is 1. The smallest absolute Gasteiger partial charge is 0.338 e. The maximum atomic E-state index is 14.3. The molecule has 1 spiro atoms. The van der Waals surface area contributed by atoms with Crippen LogP contribution in [0.3, 0.4) is 0 Å². The molecular formula is C32H28N4O5. The van der Waals surface area contributed by atoms with Crippen LogP contribution in [0.5, 0.6) is 0 Å². The molecule has 9 heteroatoms. The standard InChI is InChI=1S/C32H28N4O5/c1-3-41-30(39)18-9-11-20(12-10-18)36-28(37)26-25(15-19-16-33-23-7-5-4-6-21(19)23)35-32(27(26)29(36)38)22-14-17(2)8-13-24(22)34-31(32)40/h4-14,16,25-27,33,35H,3,15H2,1-2H3,(H,34,40)/t25-,26-,27+,32+/m1/s1. The Morgan fingerprint density at radius 1 is 1.00 bits per heavy atom. The second kappa shape index (κ2) is 9.14. The summed E-state index contributed by atoms with van der Waals surface area (Å²) in [5.41, 5.74) is 3.52. The Morgan fingerprint density at radius 3 is 2.56 bits per heavy atom. The van der Waals surface area contributed by atoms with Crippen LogP contribution in [0.4, 0.5) is 11.4 Å². The third-order valence-corrected chi connectivity index (χ3v) is 8.62. The number of imide groups is 1. The number of nitrogens with one attached hydrogen (secondary N) is 3. The lowest BCUT2D eigenvalue weighted by Gasteiger charge is -2.29. The number of hydrogen-bond acceptors (Lipinski definition) is 6. The zero-order valence-corrected chi connectivity index (χ0v) is 22.6. The molecule has 4 aromatic rings. The third-order valence-electron chi connectivity index (χ3n) is 8.62. The van der Waals surface area contributed by atoms with Crippen molar-refractivity contribution >= 4 is 46.0 Å². The molecule has 4 atom stereocenters. The Kier molecular flexibility index (Phi) is 5.62. The van der Waals surface area contributed by atoms with Crippen LogP contribution < -0.4 is 15.5 Å². The molecule has 7 rings (SSSR count). The fourth-order valence-electron chi connectivity index (χ4n) is 6.84. The average Bonchev–Trinajstić information content (AvgIpc) is 3.68. The van der Waals surface area contributed by atoms with Gasteiger partial charge in [-0.25, -0.2) is 9.69 Å². The minimum absolute atomic E-state index is 0.239. The number of esters is 1. The second-order valence-electron chi connectivity index (χ2n) is 10.9. The molecule has 1 aromatic heterocycles. The first-order valence-corrected chi connectivity index (χ1v) is 13.7. The highest BCUT2D eigenvalue weighted by Crippen LogP contribution is 2.54. The Balaban J connectivity index is 1.33. The summed E-state index contributed by atoms with van der Waals surface area (Å²) in [6.45, 7) is 3.90. The van der Waals surface area contributed by atoms with Gasteiger partial charge in [-0.1, -0.05) is 35.9 Å². The van der Waals surface area contributed by atoms with Crippen molar-refractivity contribution in [1.82, 2.24) is 10.3 Å². The molecule has 0 bridgehead atoms. The van der Waals surface area contributed by atoms with E-state index in [9.17, 15) is 19.2 Å². The number of aromatic nitrogens is 1. The largest absolute Gasteiger partial charge is 0.462 e. The van der Waals surface area contributed by atoms with Gasteiger partial charge in [-0.05, 0) is 62.2 Å². The maximum Gasteiger partial charge on any atom is 0.338 e. The SMILES string of the molecule is CCOC(=O)c1ccc(N2C(=O)[C@H]3[C@@H](C2=O)[C@]2(N[C@@H]3Cc3c[nH]c4ccccc34)C(=O)Nc3ccc(C)cc32)cc1. The van der Waals surface area contributed by atoms with Gasteiger partial charge in [0, 0.05) is 34.4 Å². The molecule has 41 heavy (non-hydrogen) atoms. The van der Waals surface area contributed by atoms with Crippen LogP contribution in [-0.4, -0.2) is 41.3 Å². The molecule has 2 saturated heterocycles. The molecule has 0 radical (unpaired) electrons. The van der Waals surface area contributed by atoms with Gasteiger partial charge < -0.3 is 15.0 Å². The number of aryl methyl sites for hydroxylation is 1. The lowest BCUT2D eigenvalue weighted by Crippen LogP contribution is -2.53. The number of amides is 3.